The molecular weight excluding hydrogens is 452 g/mol. The lowest BCUT2D eigenvalue weighted by molar-refractivity contribution is -0.155. The third-order valence-electron chi connectivity index (χ3n) is 7.61. The zero-order valence-electron chi connectivity index (χ0n) is 21.1. The molecule has 1 spiro atoms. The second-order valence-electron chi connectivity index (χ2n) is 11.6. The van der Waals surface area contributed by atoms with E-state index >= 15 is 0 Å². The molecule has 0 aromatic carbocycles. The zero-order chi connectivity index (χ0) is 25.1. The van der Waals surface area contributed by atoms with Crippen molar-refractivity contribution in [3.63, 3.8) is 0 Å². The number of carbonyl (C=O) groups excluding carboxylic acids is 3. The van der Waals surface area contributed by atoms with Gasteiger partial charge in [0.2, 0.25) is 11.8 Å². The van der Waals surface area contributed by atoms with Crippen LogP contribution >= 0.6 is 11.8 Å². The predicted molar refractivity (Wildman–Crippen MR) is 132 cm³/mol. The fourth-order valence-electron chi connectivity index (χ4n) is 6.24. The molecule has 0 aliphatic carbocycles. The lowest BCUT2D eigenvalue weighted by Gasteiger charge is -2.43. The molecule has 4 rings (SSSR count). The second-order valence-corrected chi connectivity index (χ2v) is 13.4. The molecule has 1 unspecified atom stereocenters. The number of fused-ring (bicyclic) bond motifs is 2. The van der Waals surface area contributed by atoms with Crippen LogP contribution in [0.15, 0.2) is 24.3 Å². The Morgan fingerprint density at radius 2 is 1.85 bits per heavy atom. The summed E-state index contributed by atoms with van der Waals surface area (Å²) < 4.78 is 3.99. The molecule has 4 heterocycles. The zero-order valence-corrected chi connectivity index (χ0v) is 21.9. The molecule has 7 nitrogen and oxygen atoms in total. The minimum atomic E-state index is -0.911. The summed E-state index contributed by atoms with van der Waals surface area (Å²) in [4.78, 5) is 45.3. The van der Waals surface area contributed by atoms with Gasteiger partial charge in [-0.1, -0.05) is 38.2 Å². The number of thioether (sulfide) groups is 1. The van der Waals surface area contributed by atoms with Gasteiger partial charge in [0, 0.05) is 16.8 Å². The summed E-state index contributed by atoms with van der Waals surface area (Å²) in [5.74, 6) is -1.94. The molecule has 0 aromatic rings. The Morgan fingerprint density at radius 3 is 2.47 bits per heavy atom. The Labute approximate surface area is 206 Å². The van der Waals surface area contributed by atoms with Crippen LogP contribution in [0.2, 0.25) is 0 Å². The van der Waals surface area contributed by atoms with Gasteiger partial charge in [-0.25, -0.2) is 0 Å². The van der Waals surface area contributed by atoms with Crippen molar-refractivity contribution in [2.45, 2.75) is 81.5 Å². The highest BCUT2D eigenvalue weighted by Gasteiger charge is 2.74. The first-order valence-corrected chi connectivity index (χ1v) is 13.2. The van der Waals surface area contributed by atoms with Gasteiger partial charge in [-0.3, -0.25) is 14.4 Å². The monoisotopic (exact) mass is 490 g/mol. The molecule has 8 heteroatoms. The molecule has 2 fully saturated rings. The van der Waals surface area contributed by atoms with Gasteiger partial charge in [0.1, 0.15) is 6.04 Å². The fraction of sp³-hybridized carbons (Fsp3) is 0.731. The van der Waals surface area contributed by atoms with Gasteiger partial charge < -0.3 is 19.6 Å². The molecule has 2 saturated heterocycles. The average molecular weight is 491 g/mol. The van der Waals surface area contributed by atoms with E-state index < -0.39 is 39.0 Å². The van der Waals surface area contributed by atoms with Gasteiger partial charge >= 0.3 is 5.97 Å². The number of ether oxygens (including phenoxy) is 1. The molecule has 6 atom stereocenters. The SMILES string of the molecule is CC(C)C[C@H](CO)N1C(=O)[C@@H]2[C@H]3C(=O)OCCC=C[C@@]3(C)S[C@@]23C=CCN(C(C)(C)C)C(=O)C13. The van der Waals surface area contributed by atoms with Crippen LogP contribution in [0.25, 0.3) is 0 Å². The second kappa shape index (κ2) is 8.70. The van der Waals surface area contributed by atoms with E-state index in [1.165, 1.54) is 0 Å². The normalized spacial score (nSPS) is 36.6. The Bertz CT molecular complexity index is 925. The lowest BCUT2D eigenvalue weighted by Crippen LogP contribution is -2.59. The van der Waals surface area contributed by atoms with E-state index in [4.69, 9.17) is 4.74 Å². The fourth-order valence-corrected chi connectivity index (χ4v) is 8.38. The summed E-state index contributed by atoms with van der Waals surface area (Å²) in [5, 5.41) is 10.4. The molecule has 0 aromatic heterocycles. The van der Waals surface area contributed by atoms with Gasteiger partial charge in [-0.05, 0) is 46.5 Å². The molecule has 34 heavy (non-hydrogen) atoms. The van der Waals surface area contributed by atoms with Crippen LogP contribution in [-0.4, -0.2) is 79.6 Å². The minimum Gasteiger partial charge on any atom is -0.465 e. The maximum Gasteiger partial charge on any atom is 0.311 e. The van der Waals surface area contributed by atoms with Crippen LogP contribution in [0.5, 0.6) is 0 Å². The van der Waals surface area contributed by atoms with E-state index in [-0.39, 0.29) is 36.9 Å². The molecule has 4 aliphatic heterocycles. The molecule has 0 bridgehead atoms. The van der Waals surface area contributed by atoms with Crippen LogP contribution in [-0.2, 0) is 19.1 Å². The number of cyclic esters (lactones) is 1. The standard InChI is InChI=1S/C26H38N2O5S/c1-16(2)14-17(15-29)28-20-22(31)27(24(3,4)5)12-9-11-26(20)18(21(28)30)19-23(32)33-13-8-7-10-25(19,6)34-26/h7,9-11,16-20,29H,8,12-15H2,1-6H3/t17-,18+,19+,20?,25-,26+/m1/s1. The van der Waals surface area contributed by atoms with Crippen molar-refractivity contribution in [3.8, 4) is 0 Å². The number of nitrogens with zero attached hydrogens (tertiary/aromatic N) is 2. The first-order chi connectivity index (χ1) is 15.9. The number of rotatable bonds is 4. The smallest absolute Gasteiger partial charge is 0.311 e. The molecule has 4 aliphatic rings. The van der Waals surface area contributed by atoms with Crippen molar-refractivity contribution in [1.82, 2.24) is 9.80 Å². The third-order valence-corrected chi connectivity index (χ3v) is 9.41. The number of esters is 1. The van der Waals surface area contributed by atoms with Crippen molar-refractivity contribution in [2.75, 3.05) is 19.8 Å². The molecule has 0 saturated carbocycles. The van der Waals surface area contributed by atoms with Gasteiger partial charge in [0.05, 0.1) is 35.8 Å². The first-order valence-electron chi connectivity index (χ1n) is 12.3. The van der Waals surface area contributed by atoms with Crippen LogP contribution in [0, 0.1) is 17.8 Å². The van der Waals surface area contributed by atoms with Crippen LogP contribution < -0.4 is 0 Å². The Balaban J connectivity index is 1.92. The van der Waals surface area contributed by atoms with Crippen molar-refractivity contribution >= 4 is 29.5 Å². The molecule has 1 N–H and O–H groups in total. The molecular formula is C26H38N2O5S. The highest BCUT2D eigenvalue weighted by atomic mass is 32.2. The molecule has 188 valence electrons. The predicted octanol–water partition coefficient (Wildman–Crippen LogP) is 2.78. The number of amides is 2. The summed E-state index contributed by atoms with van der Waals surface area (Å²) in [7, 11) is 0. The molecule has 0 radical (unpaired) electrons. The largest absolute Gasteiger partial charge is 0.465 e. The highest BCUT2D eigenvalue weighted by Crippen LogP contribution is 2.65. The first kappa shape index (κ1) is 25.3. The minimum absolute atomic E-state index is 0.127. The van der Waals surface area contributed by atoms with Crippen molar-refractivity contribution in [3.05, 3.63) is 24.3 Å². The average Bonchev–Trinajstić information content (AvgIpc) is 3.04. The van der Waals surface area contributed by atoms with E-state index in [1.54, 1.807) is 16.7 Å². The highest BCUT2D eigenvalue weighted by molar-refractivity contribution is 8.02. The van der Waals surface area contributed by atoms with Crippen LogP contribution in [0.4, 0.5) is 0 Å². The van der Waals surface area contributed by atoms with E-state index in [9.17, 15) is 19.5 Å². The Hall–Kier alpha value is -1.80. The lowest BCUT2D eigenvalue weighted by atomic mass is 9.74. The Morgan fingerprint density at radius 1 is 1.15 bits per heavy atom. The van der Waals surface area contributed by atoms with Crippen molar-refractivity contribution < 1.29 is 24.2 Å². The quantitative estimate of drug-likeness (QED) is 0.482. The summed E-state index contributed by atoms with van der Waals surface area (Å²) in [6, 6.07) is -1.29. The third kappa shape index (κ3) is 3.81. The van der Waals surface area contributed by atoms with Crippen molar-refractivity contribution in [1.29, 1.82) is 0 Å². The maximum absolute atomic E-state index is 14.3. The van der Waals surface area contributed by atoms with Crippen molar-refractivity contribution in [2.24, 2.45) is 17.8 Å². The summed E-state index contributed by atoms with van der Waals surface area (Å²) in [6.45, 7) is 12.5. The summed E-state index contributed by atoms with van der Waals surface area (Å²) in [6.07, 6.45) is 9.24. The van der Waals surface area contributed by atoms with E-state index in [0.29, 0.717) is 19.4 Å². The van der Waals surface area contributed by atoms with E-state index in [2.05, 4.69) is 0 Å². The summed E-state index contributed by atoms with van der Waals surface area (Å²) >= 11 is 1.54. The number of hydrogen-bond donors (Lipinski definition) is 1. The van der Waals surface area contributed by atoms with Crippen LogP contribution in [0.3, 0.4) is 0 Å². The molecule has 2 amide bonds. The van der Waals surface area contributed by atoms with E-state index in [1.807, 2.05) is 70.7 Å². The van der Waals surface area contributed by atoms with Gasteiger partial charge in [0.15, 0.2) is 0 Å². The summed E-state index contributed by atoms with van der Waals surface area (Å²) in [5.41, 5.74) is -0.444. The van der Waals surface area contributed by atoms with E-state index in [0.717, 1.165) is 0 Å². The number of likely N-dealkylation sites (tertiary alicyclic amines) is 1. The van der Waals surface area contributed by atoms with Gasteiger partial charge in [-0.15, -0.1) is 11.8 Å². The van der Waals surface area contributed by atoms with Crippen LogP contribution in [0.1, 0.15) is 54.4 Å². The topological polar surface area (TPSA) is 87.2 Å². The van der Waals surface area contributed by atoms with Gasteiger partial charge in [-0.2, -0.15) is 0 Å². The number of aliphatic hydroxyl groups is 1. The number of hydrogen-bond acceptors (Lipinski definition) is 6. The number of carbonyl (C=O) groups is 3. The maximum atomic E-state index is 14.3. The van der Waals surface area contributed by atoms with Gasteiger partial charge in [0.25, 0.3) is 0 Å². The number of aliphatic hydroxyl groups excluding tert-OH is 1. The Kier molecular flexibility index (Phi) is 6.47.